The maximum atomic E-state index is 11.7. The molecule has 22 heavy (non-hydrogen) atoms. The van der Waals surface area contributed by atoms with Gasteiger partial charge in [-0.3, -0.25) is 0 Å². The molecule has 1 aromatic carbocycles. The van der Waals surface area contributed by atoms with E-state index in [1.165, 1.54) is 32.8 Å². The summed E-state index contributed by atoms with van der Waals surface area (Å²) in [4.78, 5) is 11.7. The summed E-state index contributed by atoms with van der Waals surface area (Å²) in [5.41, 5.74) is 1.06. The highest BCUT2D eigenvalue weighted by molar-refractivity contribution is 7.80. The molecule has 4 nitrogen and oxygen atoms in total. The first kappa shape index (κ1) is 15.6. The number of benzene rings is 1. The Bertz CT molecular complexity index is 608. The van der Waals surface area contributed by atoms with E-state index in [0.29, 0.717) is 21.7 Å². The molecule has 2 saturated carbocycles. The first-order chi connectivity index (χ1) is 10.6. The van der Waals surface area contributed by atoms with Gasteiger partial charge >= 0.3 is 5.97 Å². The Balaban J connectivity index is 1.63. The Morgan fingerprint density at radius 2 is 2.18 bits per heavy atom. The van der Waals surface area contributed by atoms with Gasteiger partial charge in [0.15, 0.2) is 5.11 Å². The third kappa shape index (κ3) is 3.20. The van der Waals surface area contributed by atoms with Crippen molar-refractivity contribution >= 4 is 40.6 Å². The van der Waals surface area contributed by atoms with Crippen LogP contribution in [0.3, 0.4) is 0 Å². The van der Waals surface area contributed by atoms with Crippen LogP contribution in [-0.4, -0.2) is 24.2 Å². The number of rotatable bonds is 3. The highest BCUT2D eigenvalue weighted by Crippen LogP contribution is 2.44. The molecule has 2 aliphatic carbocycles. The molecule has 2 N–H and O–H groups in total. The molecule has 2 aliphatic rings. The third-order valence-corrected chi connectivity index (χ3v) is 5.23. The highest BCUT2D eigenvalue weighted by atomic mass is 35.5. The van der Waals surface area contributed by atoms with Crippen molar-refractivity contribution in [1.82, 2.24) is 5.32 Å². The lowest BCUT2D eigenvalue weighted by Crippen LogP contribution is -2.40. The number of ether oxygens (including phenoxy) is 1. The largest absolute Gasteiger partial charge is 0.465 e. The predicted molar refractivity (Wildman–Crippen MR) is 91.4 cm³/mol. The monoisotopic (exact) mass is 338 g/mol. The molecule has 3 atom stereocenters. The van der Waals surface area contributed by atoms with Gasteiger partial charge in [0.1, 0.15) is 0 Å². The topological polar surface area (TPSA) is 50.4 Å². The van der Waals surface area contributed by atoms with Gasteiger partial charge in [0.2, 0.25) is 0 Å². The van der Waals surface area contributed by atoms with Gasteiger partial charge in [0, 0.05) is 11.7 Å². The van der Waals surface area contributed by atoms with Gasteiger partial charge < -0.3 is 15.4 Å². The van der Waals surface area contributed by atoms with E-state index in [1.54, 1.807) is 18.2 Å². The number of nitrogens with one attached hydrogen (secondary N) is 2. The van der Waals surface area contributed by atoms with Crippen LogP contribution in [0.15, 0.2) is 18.2 Å². The minimum Gasteiger partial charge on any atom is -0.465 e. The fraction of sp³-hybridized carbons (Fsp3) is 0.500. The van der Waals surface area contributed by atoms with Gasteiger partial charge in [-0.25, -0.2) is 4.79 Å². The SMILES string of the molecule is COC(=O)c1cc(NC(=S)N[C@H]2C[C@H]3CC[C@@H]2C3)ccc1Cl. The minimum atomic E-state index is -0.458. The third-order valence-electron chi connectivity index (χ3n) is 4.68. The van der Waals surface area contributed by atoms with Crippen LogP contribution in [0.25, 0.3) is 0 Å². The van der Waals surface area contributed by atoms with Crippen LogP contribution < -0.4 is 10.6 Å². The van der Waals surface area contributed by atoms with E-state index < -0.39 is 5.97 Å². The summed E-state index contributed by atoms with van der Waals surface area (Å²) in [7, 11) is 1.33. The van der Waals surface area contributed by atoms with Crippen LogP contribution in [0.5, 0.6) is 0 Å². The lowest BCUT2D eigenvalue weighted by atomic mass is 9.96. The second kappa shape index (κ2) is 6.42. The molecule has 0 spiro atoms. The fourth-order valence-electron chi connectivity index (χ4n) is 3.63. The Morgan fingerprint density at radius 3 is 2.82 bits per heavy atom. The van der Waals surface area contributed by atoms with Crippen molar-refractivity contribution in [3.8, 4) is 0 Å². The summed E-state index contributed by atoms with van der Waals surface area (Å²) in [6, 6.07) is 5.59. The Kier molecular flexibility index (Phi) is 4.54. The van der Waals surface area contributed by atoms with Crippen LogP contribution in [0.2, 0.25) is 5.02 Å². The van der Waals surface area contributed by atoms with Crippen LogP contribution in [0, 0.1) is 11.8 Å². The smallest absolute Gasteiger partial charge is 0.339 e. The summed E-state index contributed by atoms with van der Waals surface area (Å²) >= 11 is 11.4. The molecule has 2 fully saturated rings. The highest BCUT2D eigenvalue weighted by Gasteiger charge is 2.39. The van der Waals surface area contributed by atoms with Crippen LogP contribution in [0.4, 0.5) is 5.69 Å². The molecule has 0 radical (unpaired) electrons. The lowest BCUT2D eigenvalue weighted by molar-refractivity contribution is 0.0601. The molecular weight excluding hydrogens is 320 g/mol. The lowest BCUT2D eigenvalue weighted by Gasteiger charge is -2.24. The molecule has 118 valence electrons. The molecular formula is C16H19ClN2O2S. The van der Waals surface area contributed by atoms with Crippen LogP contribution in [0.1, 0.15) is 36.0 Å². The first-order valence-corrected chi connectivity index (χ1v) is 8.31. The zero-order chi connectivity index (χ0) is 15.7. The summed E-state index contributed by atoms with van der Waals surface area (Å²) in [5.74, 6) is 1.16. The van der Waals surface area contributed by atoms with Crippen LogP contribution >= 0.6 is 23.8 Å². The van der Waals surface area contributed by atoms with Crippen molar-refractivity contribution in [2.75, 3.05) is 12.4 Å². The number of hydrogen-bond acceptors (Lipinski definition) is 3. The number of hydrogen-bond donors (Lipinski definition) is 2. The van der Waals surface area contributed by atoms with Crippen molar-refractivity contribution in [2.45, 2.75) is 31.7 Å². The number of carbonyl (C=O) groups excluding carboxylic acids is 1. The van der Waals surface area contributed by atoms with E-state index in [2.05, 4.69) is 10.6 Å². The van der Waals surface area contributed by atoms with Gasteiger partial charge in [-0.1, -0.05) is 18.0 Å². The number of thiocarbonyl (C=S) groups is 1. The number of methoxy groups -OCH3 is 1. The number of carbonyl (C=O) groups is 1. The van der Waals surface area contributed by atoms with Crippen LogP contribution in [-0.2, 0) is 4.74 Å². The van der Waals surface area contributed by atoms with E-state index >= 15 is 0 Å². The number of esters is 1. The quantitative estimate of drug-likeness (QED) is 0.651. The number of halogens is 1. The molecule has 0 aromatic heterocycles. The molecule has 0 amide bonds. The average molecular weight is 339 g/mol. The zero-order valence-corrected chi connectivity index (χ0v) is 14.0. The standard InChI is InChI=1S/C16H19ClN2O2S/c1-21-15(20)12-8-11(4-5-13(12)17)18-16(22)19-14-7-9-2-3-10(14)6-9/h4-5,8-10,14H,2-3,6-7H2,1H3,(H2,18,19,22)/t9-,10+,14-/m0/s1. The van der Waals surface area contributed by atoms with E-state index in [9.17, 15) is 4.79 Å². The molecule has 0 heterocycles. The van der Waals surface area contributed by atoms with Gasteiger partial charge in [0.05, 0.1) is 17.7 Å². The molecule has 6 heteroatoms. The Hall–Kier alpha value is -1.33. The Labute approximate surface area is 140 Å². The molecule has 3 rings (SSSR count). The second-order valence-electron chi connectivity index (χ2n) is 6.07. The predicted octanol–water partition coefficient (Wildman–Crippen LogP) is 3.60. The van der Waals surface area contributed by atoms with Gasteiger partial charge in [-0.2, -0.15) is 0 Å². The molecule has 2 bridgehead atoms. The van der Waals surface area contributed by atoms with E-state index in [-0.39, 0.29) is 0 Å². The normalized spacial score (nSPS) is 25.8. The Morgan fingerprint density at radius 1 is 1.36 bits per heavy atom. The van der Waals surface area contributed by atoms with Crippen molar-refractivity contribution < 1.29 is 9.53 Å². The molecule has 1 aromatic rings. The minimum absolute atomic E-state index is 0.330. The summed E-state index contributed by atoms with van der Waals surface area (Å²) in [5, 5.41) is 7.49. The molecule has 0 aliphatic heterocycles. The zero-order valence-electron chi connectivity index (χ0n) is 12.4. The maximum absolute atomic E-state index is 11.7. The van der Waals surface area contributed by atoms with Gasteiger partial charge in [-0.05, 0) is 61.5 Å². The fourth-order valence-corrected chi connectivity index (χ4v) is 4.09. The molecule has 0 saturated heterocycles. The second-order valence-corrected chi connectivity index (χ2v) is 6.88. The summed E-state index contributed by atoms with van der Waals surface area (Å²) in [6.07, 6.45) is 5.20. The van der Waals surface area contributed by atoms with Gasteiger partial charge in [0.25, 0.3) is 0 Å². The number of anilines is 1. The van der Waals surface area contributed by atoms with E-state index in [1.807, 2.05) is 0 Å². The maximum Gasteiger partial charge on any atom is 0.339 e. The molecule has 0 unspecified atom stereocenters. The first-order valence-electron chi connectivity index (χ1n) is 7.52. The summed E-state index contributed by atoms with van der Waals surface area (Å²) in [6.45, 7) is 0. The van der Waals surface area contributed by atoms with Crippen molar-refractivity contribution in [1.29, 1.82) is 0 Å². The van der Waals surface area contributed by atoms with Crippen molar-refractivity contribution in [3.63, 3.8) is 0 Å². The average Bonchev–Trinajstić information content (AvgIpc) is 3.11. The van der Waals surface area contributed by atoms with E-state index in [0.717, 1.165) is 17.5 Å². The van der Waals surface area contributed by atoms with Crippen molar-refractivity contribution in [3.05, 3.63) is 28.8 Å². The number of fused-ring (bicyclic) bond motifs is 2. The van der Waals surface area contributed by atoms with Crippen molar-refractivity contribution in [2.24, 2.45) is 11.8 Å². The van der Waals surface area contributed by atoms with E-state index in [4.69, 9.17) is 28.6 Å². The summed E-state index contributed by atoms with van der Waals surface area (Å²) < 4.78 is 4.72. The van der Waals surface area contributed by atoms with Gasteiger partial charge in [-0.15, -0.1) is 0 Å².